The molecule has 142 valence electrons. The van der Waals surface area contributed by atoms with Crippen LogP contribution in [0.1, 0.15) is 36.8 Å². The number of likely N-dealkylation sites (tertiary alicyclic amines) is 1. The quantitative estimate of drug-likeness (QED) is 0.880. The molecule has 1 aliphatic carbocycles. The number of fused-ring (bicyclic) bond motifs is 3. The van der Waals surface area contributed by atoms with E-state index in [0.717, 1.165) is 12.8 Å². The molecule has 1 N–H and O–H groups in total. The van der Waals surface area contributed by atoms with E-state index in [9.17, 15) is 9.90 Å². The van der Waals surface area contributed by atoms with Gasteiger partial charge in [0.15, 0.2) is 0 Å². The van der Waals surface area contributed by atoms with Gasteiger partial charge in [0.2, 0.25) is 0 Å². The highest BCUT2D eigenvalue weighted by atomic mass is 16.6. The van der Waals surface area contributed by atoms with Crippen molar-refractivity contribution in [2.24, 2.45) is 11.8 Å². The first kappa shape index (κ1) is 18.1. The second-order valence-electron chi connectivity index (χ2n) is 7.79. The van der Waals surface area contributed by atoms with Gasteiger partial charge in [0.05, 0.1) is 0 Å². The van der Waals surface area contributed by atoms with Crippen molar-refractivity contribution in [1.82, 2.24) is 4.90 Å². The zero-order valence-electron chi connectivity index (χ0n) is 15.8. The smallest absolute Gasteiger partial charge is 0.409 e. The number of amides is 1. The fourth-order valence-electron chi connectivity index (χ4n) is 4.64. The molecule has 27 heavy (non-hydrogen) atoms. The zero-order chi connectivity index (χ0) is 18.8. The number of benzene rings is 2. The minimum absolute atomic E-state index is 0.103. The fourth-order valence-corrected chi connectivity index (χ4v) is 4.64. The van der Waals surface area contributed by atoms with Crippen LogP contribution in [-0.4, -0.2) is 42.4 Å². The standard InChI is InChI=1S/C23H27NO3/c1-16-14-24(12-10-17(16)11-13-25)23(26)27-15-22-20-8-4-2-6-18(20)19-7-3-5-9-21(19)22/h2-9,16-17,22,25H,10-15H2,1H3/t16-,17-/m0/s1. The molecule has 2 aliphatic rings. The Morgan fingerprint density at radius 2 is 1.74 bits per heavy atom. The van der Waals surface area contributed by atoms with Crippen LogP contribution in [0, 0.1) is 11.8 Å². The van der Waals surface area contributed by atoms with Crippen molar-refractivity contribution in [3.63, 3.8) is 0 Å². The predicted octanol–water partition coefficient (Wildman–Crippen LogP) is 4.28. The molecular formula is C23H27NO3. The van der Waals surface area contributed by atoms with Crippen LogP contribution < -0.4 is 0 Å². The third-order valence-electron chi connectivity index (χ3n) is 6.18. The van der Waals surface area contributed by atoms with Crippen molar-refractivity contribution in [3.05, 3.63) is 59.7 Å². The minimum Gasteiger partial charge on any atom is -0.448 e. The molecule has 1 amide bonds. The van der Waals surface area contributed by atoms with Crippen molar-refractivity contribution >= 4 is 6.09 Å². The van der Waals surface area contributed by atoms with E-state index in [1.54, 1.807) is 0 Å². The Morgan fingerprint density at radius 1 is 1.11 bits per heavy atom. The van der Waals surface area contributed by atoms with Gasteiger partial charge in [-0.1, -0.05) is 55.5 Å². The Hall–Kier alpha value is -2.33. The van der Waals surface area contributed by atoms with E-state index in [1.165, 1.54) is 22.3 Å². The molecule has 0 saturated carbocycles. The number of hydrogen-bond acceptors (Lipinski definition) is 3. The van der Waals surface area contributed by atoms with E-state index in [-0.39, 0.29) is 18.6 Å². The van der Waals surface area contributed by atoms with Crippen LogP contribution in [0.5, 0.6) is 0 Å². The van der Waals surface area contributed by atoms with Gasteiger partial charge >= 0.3 is 6.09 Å². The summed E-state index contributed by atoms with van der Waals surface area (Å²) in [5.74, 6) is 0.990. The lowest BCUT2D eigenvalue weighted by Gasteiger charge is -2.36. The van der Waals surface area contributed by atoms with Crippen LogP contribution in [-0.2, 0) is 4.74 Å². The topological polar surface area (TPSA) is 49.8 Å². The number of aliphatic hydroxyl groups is 1. The van der Waals surface area contributed by atoms with Crippen LogP contribution in [0.25, 0.3) is 11.1 Å². The first-order valence-electron chi connectivity index (χ1n) is 9.89. The maximum atomic E-state index is 12.6. The van der Waals surface area contributed by atoms with Gasteiger partial charge in [-0.05, 0) is 46.9 Å². The van der Waals surface area contributed by atoms with Gasteiger partial charge in [-0.25, -0.2) is 4.79 Å². The summed E-state index contributed by atoms with van der Waals surface area (Å²) in [5.41, 5.74) is 4.96. The molecule has 2 atom stereocenters. The van der Waals surface area contributed by atoms with Gasteiger partial charge in [0.25, 0.3) is 0 Å². The second-order valence-corrected chi connectivity index (χ2v) is 7.79. The van der Waals surface area contributed by atoms with E-state index in [1.807, 2.05) is 17.0 Å². The predicted molar refractivity (Wildman–Crippen MR) is 106 cm³/mol. The summed E-state index contributed by atoms with van der Waals surface area (Å²) in [6.07, 6.45) is 1.54. The molecule has 1 aliphatic heterocycles. The van der Waals surface area contributed by atoms with Crippen molar-refractivity contribution in [2.45, 2.75) is 25.7 Å². The van der Waals surface area contributed by atoms with E-state index in [4.69, 9.17) is 4.74 Å². The zero-order valence-corrected chi connectivity index (χ0v) is 15.8. The normalized spacial score (nSPS) is 21.6. The van der Waals surface area contributed by atoms with Gasteiger partial charge in [-0.3, -0.25) is 0 Å². The Labute approximate surface area is 160 Å². The third-order valence-corrected chi connectivity index (χ3v) is 6.18. The number of rotatable bonds is 4. The molecule has 2 aromatic carbocycles. The fraction of sp³-hybridized carbons (Fsp3) is 0.435. The van der Waals surface area contributed by atoms with Crippen LogP contribution in [0.2, 0.25) is 0 Å². The average molecular weight is 365 g/mol. The highest BCUT2D eigenvalue weighted by molar-refractivity contribution is 5.79. The molecule has 1 heterocycles. The lowest BCUT2D eigenvalue weighted by Crippen LogP contribution is -2.43. The highest BCUT2D eigenvalue weighted by Gasteiger charge is 2.32. The van der Waals surface area contributed by atoms with Gasteiger partial charge in [0, 0.05) is 25.6 Å². The SMILES string of the molecule is C[C@H]1CN(C(=O)OCC2c3ccccc3-c3ccccc32)CC[C@H]1CCO. The Bertz CT molecular complexity index is 773. The maximum absolute atomic E-state index is 12.6. The Morgan fingerprint density at radius 3 is 2.33 bits per heavy atom. The van der Waals surface area contributed by atoms with E-state index < -0.39 is 0 Å². The minimum atomic E-state index is -0.217. The summed E-state index contributed by atoms with van der Waals surface area (Å²) in [6, 6.07) is 16.8. The molecule has 1 fully saturated rings. The largest absolute Gasteiger partial charge is 0.448 e. The first-order chi connectivity index (χ1) is 13.2. The number of carbonyl (C=O) groups is 1. The average Bonchev–Trinajstić information content (AvgIpc) is 3.02. The van der Waals surface area contributed by atoms with Crippen LogP contribution in [0.3, 0.4) is 0 Å². The molecule has 4 nitrogen and oxygen atoms in total. The Kier molecular flexibility index (Phi) is 5.17. The number of piperidine rings is 1. The highest BCUT2D eigenvalue weighted by Crippen LogP contribution is 2.44. The van der Waals surface area contributed by atoms with Crippen molar-refractivity contribution < 1.29 is 14.6 Å². The number of aliphatic hydroxyl groups excluding tert-OH is 1. The van der Waals surface area contributed by atoms with Crippen LogP contribution in [0.4, 0.5) is 4.79 Å². The number of hydrogen-bond donors (Lipinski definition) is 1. The second kappa shape index (κ2) is 7.73. The maximum Gasteiger partial charge on any atom is 0.409 e. The van der Waals surface area contributed by atoms with Crippen LogP contribution in [0.15, 0.2) is 48.5 Å². The summed E-state index contributed by atoms with van der Waals surface area (Å²) < 4.78 is 5.76. The van der Waals surface area contributed by atoms with Gasteiger partial charge in [0.1, 0.15) is 6.61 Å². The molecular weight excluding hydrogens is 338 g/mol. The van der Waals surface area contributed by atoms with E-state index in [2.05, 4.69) is 43.3 Å². The number of nitrogens with zero attached hydrogens (tertiary/aromatic N) is 1. The third kappa shape index (κ3) is 3.46. The van der Waals surface area contributed by atoms with Gasteiger partial charge in [-0.2, -0.15) is 0 Å². The van der Waals surface area contributed by atoms with Gasteiger partial charge in [-0.15, -0.1) is 0 Å². The summed E-state index contributed by atoms with van der Waals surface area (Å²) in [5, 5.41) is 9.17. The van der Waals surface area contributed by atoms with E-state index in [0.29, 0.717) is 31.5 Å². The number of carbonyl (C=O) groups excluding carboxylic acids is 1. The molecule has 2 aromatic rings. The van der Waals surface area contributed by atoms with Crippen LogP contribution >= 0.6 is 0 Å². The number of ether oxygens (including phenoxy) is 1. The van der Waals surface area contributed by atoms with E-state index >= 15 is 0 Å². The summed E-state index contributed by atoms with van der Waals surface area (Å²) in [6.45, 7) is 4.17. The van der Waals surface area contributed by atoms with Crippen molar-refractivity contribution in [3.8, 4) is 11.1 Å². The molecule has 0 radical (unpaired) electrons. The molecule has 1 saturated heterocycles. The lowest BCUT2D eigenvalue weighted by molar-refractivity contribution is 0.0653. The van der Waals surface area contributed by atoms with Gasteiger partial charge < -0.3 is 14.7 Å². The lowest BCUT2D eigenvalue weighted by atomic mass is 9.85. The summed E-state index contributed by atoms with van der Waals surface area (Å²) in [7, 11) is 0. The molecule has 0 spiro atoms. The Balaban J connectivity index is 1.43. The summed E-state index contributed by atoms with van der Waals surface area (Å²) >= 11 is 0. The summed E-state index contributed by atoms with van der Waals surface area (Å²) in [4.78, 5) is 14.5. The first-order valence-corrected chi connectivity index (χ1v) is 9.89. The molecule has 0 unspecified atom stereocenters. The van der Waals surface area contributed by atoms with Crippen molar-refractivity contribution in [1.29, 1.82) is 0 Å². The molecule has 0 aromatic heterocycles. The molecule has 0 bridgehead atoms. The molecule has 4 rings (SSSR count). The van der Waals surface area contributed by atoms with Crippen molar-refractivity contribution in [2.75, 3.05) is 26.3 Å². The molecule has 4 heteroatoms. The monoisotopic (exact) mass is 365 g/mol.